The first-order valence-corrected chi connectivity index (χ1v) is 13.3. The first-order valence-electron chi connectivity index (χ1n) is 12.5. The molecule has 4 aromatic rings. The van der Waals surface area contributed by atoms with E-state index in [0.717, 1.165) is 54.4 Å². The van der Waals surface area contributed by atoms with Gasteiger partial charge in [0.2, 0.25) is 0 Å². The normalized spacial score (nSPS) is 23.5. The molecular weight excluding hydrogens is 526 g/mol. The third-order valence-corrected chi connectivity index (χ3v) is 8.82. The number of carbonyl (C=O) groups is 2. The SMILES string of the molecule is Cc1cc(/C=N\N2C(=O)[C@@H]3C4c5ccccc5C(c5ccccc54)[C@@H]3C2=O)c(C)n1-c1ccc(Br)cc1. The summed E-state index contributed by atoms with van der Waals surface area (Å²) < 4.78 is 3.17. The van der Waals surface area contributed by atoms with Gasteiger partial charge in [-0.1, -0.05) is 64.5 Å². The van der Waals surface area contributed by atoms with Crippen molar-refractivity contribution in [3.05, 3.63) is 123 Å². The largest absolute Gasteiger partial charge is 0.318 e. The van der Waals surface area contributed by atoms with Gasteiger partial charge in [-0.2, -0.15) is 10.1 Å². The van der Waals surface area contributed by atoms with Gasteiger partial charge in [-0.05, 0) is 66.4 Å². The summed E-state index contributed by atoms with van der Waals surface area (Å²) in [5, 5.41) is 5.65. The predicted molar refractivity (Wildman–Crippen MR) is 146 cm³/mol. The van der Waals surface area contributed by atoms with Gasteiger partial charge in [0.1, 0.15) is 0 Å². The van der Waals surface area contributed by atoms with Crippen LogP contribution in [-0.2, 0) is 9.59 Å². The number of halogens is 1. The topological polar surface area (TPSA) is 54.7 Å². The van der Waals surface area contributed by atoms with Crippen LogP contribution in [0.15, 0.2) is 88.4 Å². The number of carbonyl (C=O) groups excluding carboxylic acids is 2. The van der Waals surface area contributed by atoms with Crippen molar-refractivity contribution >= 4 is 34.0 Å². The Bertz CT molecular complexity index is 1520. The van der Waals surface area contributed by atoms with Crippen LogP contribution in [0.3, 0.4) is 0 Å². The molecular formula is C31H24BrN3O2. The fourth-order valence-electron chi connectivity index (χ4n) is 6.80. The number of hydrazone groups is 1. The number of hydrogen-bond donors (Lipinski definition) is 0. The van der Waals surface area contributed by atoms with Crippen LogP contribution in [0.4, 0.5) is 0 Å². The molecule has 1 fully saturated rings. The third kappa shape index (κ3) is 3.12. The fourth-order valence-corrected chi connectivity index (χ4v) is 7.07. The summed E-state index contributed by atoms with van der Waals surface area (Å²) in [6.45, 7) is 4.07. The van der Waals surface area contributed by atoms with Crippen LogP contribution >= 0.6 is 15.9 Å². The summed E-state index contributed by atoms with van der Waals surface area (Å²) >= 11 is 3.49. The summed E-state index contributed by atoms with van der Waals surface area (Å²) in [6, 6.07) is 26.7. The third-order valence-electron chi connectivity index (χ3n) is 8.29. The van der Waals surface area contributed by atoms with Crippen LogP contribution in [-0.4, -0.2) is 27.6 Å². The van der Waals surface area contributed by atoms with E-state index in [4.69, 9.17) is 0 Å². The van der Waals surface area contributed by atoms with Crippen molar-refractivity contribution in [3.63, 3.8) is 0 Å². The second-order valence-electron chi connectivity index (χ2n) is 10.1. The number of rotatable bonds is 3. The maximum atomic E-state index is 13.8. The van der Waals surface area contributed by atoms with Gasteiger partial charge in [-0.25, -0.2) is 0 Å². The molecule has 3 aliphatic carbocycles. The van der Waals surface area contributed by atoms with Crippen molar-refractivity contribution in [2.75, 3.05) is 0 Å². The summed E-state index contributed by atoms with van der Waals surface area (Å²) in [4.78, 5) is 27.5. The van der Waals surface area contributed by atoms with Crippen LogP contribution in [0.2, 0.25) is 0 Å². The molecule has 1 aliphatic heterocycles. The monoisotopic (exact) mass is 549 g/mol. The highest BCUT2D eigenvalue weighted by Gasteiger charge is 2.61. The number of benzene rings is 3. The molecule has 8 rings (SSSR count). The molecule has 2 heterocycles. The molecule has 0 N–H and O–H groups in total. The summed E-state index contributed by atoms with van der Waals surface area (Å²) in [7, 11) is 0. The van der Waals surface area contributed by atoms with Crippen molar-refractivity contribution in [3.8, 4) is 5.69 Å². The summed E-state index contributed by atoms with van der Waals surface area (Å²) in [5.74, 6) is -1.49. The van der Waals surface area contributed by atoms with Crippen LogP contribution in [0, 0.1) is 25.7 Å². The quantitative estimate of drug-likeness (QED) is 0.229. The van der Waals surface area contributed by atoms with E-state index < -0.39 is 11.8 Å². The lowest BCUT2D eigenvalue weighted by molar-refractivity contribution is -0.139. The van der Waals surface area contributed by atoms with E-state index in [9.17, 15) is 9.59 Å². The molecule has 2 bridgehead atoms. The smallest absolute Gasteiger partial charge is 0.254 e. The molecule has 0 saturated carbocycles. The lowest BCUT2D eigenvalue weighted by atomic mass is 9.55. The molecule has 3 aromatic carbocycles. The Morgan fingerprint density at radius 2 is 1.24 bits per heavy atom. The zero-order valence-corrected chi connectivity index (χ0v) is 22.0. The Morgan fingerprint density at radius 1 is 0.757 bits per heavy atom. The zero-order chi connectivity index (χ0) is 25.4. The van der Waals surface area contributed by atoms with Gasteiger partial charge in [-0.3, -0.25) is 9.59 Å². The predicted octanol–water partition coefficient (Wildman–Crippen LogP) is 6.08. The highest BCUT2D eigenvalue weighted by Crippen LogP contribution is 2.60. The zero-order valence-electron chi connectivity index (χ0n) is 20.4. The average Bonchev–Trinajstić information content (AvgIpc) is 3.34. The van der Waals surface area contributed by atoms with E-state index in [-0.39, 0.29) is 23.7 Å². The Balaban J connectivity index is 1.26. The molecule has 0 radical (unpaired) electrons. The van der Waals surface area contributed by atoms with E-state index in [0.29, 0.717) is 0 Å². The van der Waals surface area contributed by atoms with Gasteiger partial charge < -0.3 is 4.57 Å². The van der Waals surface area contributed by atoms with Crippen molar-refractivity contribution < 1.29 is 9.59 Å². The molecule has 1 aromatic heterocycles. The minimum Gasteiger partial charge on any atom is -0.318 e. The highest BCUT2D eigenvalue weighted by atomic mass is 79.9. The van der Waals surface area contributed by atoms with E-state index >= 15 is 0 Å². The van der Waals surface area contributed by atoms with Gasteiger partial charge >= 0.3 is 0 Å². The van der Waals surface area contributed by atoms with Gasteiger partial charge in [0.25, 0.3) is 11.8 Å². The number of imide groups is 1. The van der Waals surface area contributed by atoms with Crippen molar-refractivity contribution in [2.45, 2.75) is 25.7 Å². The Kier molecular flexibility index (Phi) is 4.92. The lowest BCUT2D eigenvalue weighted by Crippen LogP contribution is -2.41. The minimum atomic E-state index is -0.422. The van der Waals surface area contributed by atoms with Crippen molar-refractivity contribution in [1.29, 1.82) is 0 Å². The first-order chi connectivity index (χ1) is 18.0. The van der Waals surface area contributed by atoms with E-state index in [1.807, 2.05) is 68.4 Å². The number of hydrogen-bond acceptors (Lipinski definition) is 3. The number of nitrogens with zero attached hydrogens (tertiary/aromatic N) is 3. The van der Waals surface area contributed by atoms with Gasteiger partial charge in [0.15, 0.2) is 0 Å². The molecule has 6 heteroatoms. The maximum Gasteiger partial charge on any atom is 0.254 e. The molecule has 2 atom stereocenters. The fraction of sp³-hybridized carbons (Fsp3) is 0.194. The maximum absolute atomic E-state index is 13.8. The molecule has 1 saturated heterocycles. The van der Waals surface area contributed by atoms with Crippen molar-refractivity contribution in [2.24, 2.45) is 16.9 Å². The van der Waals surface area contributed by atoms with Crippen LogP contribution in [0.1, 0.15) is 51.0 Å². The summed E-state index contributed by atoms with van der Waals surface area (Å²) in [5.41, 5.74) is 8.64. The lowest BCUT2D eigenvalue weighted by Gasteiger charge is -2.45. The van der Waals surface area contributed by atoms with Crippen LogP contribution < -0.4 is 0 Å². The second kappa shape index (κ2) is 8.12. The van der Waals surface area contributed by atoms with E-state index in [1.54, 1.807) is 6.21 Å². The highest BCUT2D eigenvalue weighted by molar-refractivity contribution is 9.10. The van der Waals surface area contributed by atoms with E-state index in [1.165, 1.54) is 0 Å². The Morgan fingerprint density at radius 3 is 1.73 bits per heavy atom. The van der Waals surface area contributed by atoms with Gasteiger partial charge in [0, 0.05) is 38.9 Å². The van der Waals surface area contributed by atoms with Gasteiger partial charge in [0.05, 0.1) is 18.1 Å². The molecule has 5 nitrogen and oxygen atoms in total. The molecule has 2 amide bonds. The van der Waals surface area contributed by atoms with Crippen LogP contribution in [0.25, 0.3) is 5.69 Å². The molecule has 37 heavy (non-hydrogen) atoms. The van der Waals surface area contributed by atoms with E-state index in [2.05, 4.69) is 49.9 Å². The second-order valence-corrected chi connectivity index (χ2v) is 11.1. The van der Waals surface area contributed by atoms with Crippen LogP contribution in [0.5, 0.6) is 0 Å². The van der Waals surface area contributed by atoms with Gasteiger partial charge in [-0.15, -0.1) is 0 Å². The first kappa shape index (κ1) is 22.4. The Hall–Kier alpha value is -3.77. The Labute approximate surface area is 223 Å². The molecule has 182 valence electrons. The molecule has 4 aliphatic rings. The number of amides is 2. The number of aryl methyl sites for hydroxylation is 1. The molecule has 0 spiro atoms. The summed E-state index contributed by atoms with van der Waals surface area (Å²) in [6.07, 6.45) is 1.66. The van der Waals surface area contributed by atoms with Crippen molar-refractivity contribution in [1.82, 2.24) is 9.58 Å². The average molecular weight is 550 g/mol. The standard InChI is InChI=1S/C31H24BrN3O2/c1-17-15-19(18(2)34(17)21-13-11-20(32)12-14-21)16-33-35-30(36)28-26-22-7-3-4-8-23(22)27(29(28)31(35)37)25-10-6-5-9-24(25)26/h3-16,26-29H,1-2H3/b33-16-/t26?,27?,28-,29+. The number of aromatic nitrogens is 1. The minimum absolute atomic E-state index is 0.124. The molecule has 0 unspecified atom stereocenters.